The summed E-state index contributed by atoms with van der Waals surface area (Å²) in [6.07, 6.45) is 0.301. The molecular weight excluding hydrogens is 527 g/mol. The van der Waals surface area contributed by atoms with Gasteiger partial charge < -0.3 is 15.7 Å². The molecule has 3 aromatic rings. The second-order valence-corrected chi connectivity index (χ2v) is 12.6. The Morgan fingerprint density at radius 1 is 0.667 bits per heavy atom. The van der Waals surface area contributed by atoms with Crippen molar-refractivity contribution in [3.63, 3.8) is 0 Å². The molecule has 0 amide bonds. The number of carboxylic acid groups (broad SMARTS) is 2. The summed E-state index contributed by atoms with van der Waals surface area (Å²) in [6, 6.07) is 10.3. The third kappa shape index (κ3) is 10.0. The molecule has 0 unspecified atom stereocenters. The van der Waals surface area contributed by atoms with Gasteiger partial charge in [0, 0.05) is 16.2 Å². The molecule has 3 rings (SSSR count). The molecule has 0 fully saturated rings. The molecule has 0 aliphatic heterocycles. The van der Waals surface area contributed by atoms with Gasteiger partial charge in [-0.25, -0.2) is 9.59 Å². The first kappa shape index (κ1) is 36.8. The maximum atomic E-state index is 12.5. The number of hydrogen-bond acceptors (Lipinski definition) is 6. The van der Waals surface area contributed by atoms with E-state index in [1.165, 1.54) is 32.2 Å². The number of carboxylic acids is 2. The van der Waals surface area contributed by atoms with Gasteiger partial charge in [-0.2, -0.15) is 0 Å². The van der Waals surface area contributed by atoms with Crippen molar-refractivity contribution >= 4 is 40.4 Å². The monoisotopic (exact) mass is 566 g/mol. The predicted molar refractivity (Wildman–Crippen MR) is 155 cm³/mol. The van der Waals surface area contributed by atoms with E-state index in [0.29, 0.717) is 35.0 Å². The maximum Gasteiger partial charge on any atom is 1.00 e. The number of carbonyl (C=O) groups is 3. The number of benzene rings is 1. The van der Waals surface area contributed by atoms with Gasteiger partial charge in [0.25, 0.3) is 0 Å². The number of hydrogen-bond donors (Lipinski definition) is 2. The third-order valence-electron chi connectivity index (χ3n) is 5.93. The van der Waals surface area contributed by atoms with Gasteiger partial charge in [0.1, 0.15) is 4.88 Å². The summed E-state index contributed by atoms with van der Waals surface area (Å²) in [7, 11) is 0. The fourth-order valence-electron chi connectivity index (χ4n) is 3.92. The molecule has 0 radical (unpaired) electrons. The van der Waals surface area contributed by atoms with Crippen molar-refractivity contribution in [1.29, 1.82) is 0 Å². The quantitative estimate of drug-likeness (QED) is 0.255. The van der Waals surface area contributed by atoms with Gasteiger partial charge in [0.15, 0.2) is 5.78 Å². The van der Waals surface area contributed by atoms with Crippen LogP contribution in [0, 0.1) is 0 Å². The number of ketones is 1. The van der Waals surface area contributed by atoms with Crippen LogP contribution in [0.1, 0.15) is 135 Å². The average Bonchev–Trinajstić information content (AvgIpc) is 3.46. The molecular formula is C30H39LiO6S2. The molecule has 9 heteroatoms. The van der Waals surface area contributed by atoms with Crippen molar-refractivity contribution in [2.75, 3.05) is 0 Å². The number of rotatable bonds is 9. The van der Waals surface area contributed by atoms with Gasteiger partial charge in [-0.05, 0) is 64.6 Å². The second kappa shape index (κ2) is 16.1. The zero-order valence-electron chi connectivity index (χ0n) is 24.4. The van der Waals surface area contributed by atoms with Gasteiger partial charge in [-0.3, -0.25) is 4.79 Å². The molecule has 0 aliphatic rings. The van der Waals surface area contributed by atoms with Crippen molar-refractivity contribution in [2.45, 2.75) is 85.5 Å². The van der Waals surface area contributed by atoms with E-state index in [-0.39, 0.29) is 35.7 Å². The summed E-state index contributed by atoms with van der Waals surface area (Å²) in [4.78, 5) is 38.0. The molecule has 0 saturated carbocycles. The molecule has 208 valence electrons. The Bertz CT molecular complexity index is 1190. The number of carbonyl (C=O) groups excluding carboxylic acids is 1. The van der Waals surface area contributed by atoms with E-state index in [4.69, 9.17) is 10.2 Å². The molecule has 0 spiro atoms. The van der Waals surface area contributed by atoms with E-state index in [2.05, 4.69) is 55.4 Å². The summed E-state index contributed by atoms with van der Waals surface area (Å²) in [5, 5.41) is 17.8. The average molecular weight is 567 g/mol. The van der Waals surface area contributed by atoms with Crippen LogP contribution >= 0.6 is 22.7 Å². The van der Waals surface area contributed by atoms with Crippen LogP contribution in [0.3, 0.4) is 0 Å². The first-order valence-corrected chi connectivity index (χ1v) is 14.2. The topological polar surface area (TPSA) is 122 Å². The van der Waals surface area contributed by atoms with E-state index >= 15 is 0 Å². The van der Waals surface area contributed by atoms with Gasteiger partial charge >= 0.3 is 30.8 Å². The summed E-state index contributed by atoms with van der Waals surface area (Å²) in [5.41, 5.74) is 3.52. The van der Waals surface area contributed by atoms with Crippen LogP contribution in [0.15, 0.2) is 36.4 Å². The van der Waals surface area contributed by atoms with Crippen molar-refractivity contribution in [3.05, 3.63) is 78.2 Å². The fraction of sp³-hybridized carbons (Fsp3) is 0.433. The van der Waals surface area contributed by atoms with Crippen LogP contribution in [-0.4, -0.2) is 33.4 Å². The summed E-state index contributed by atoms with van der Waals surface area (Å²) in [5.74, 6) is -0.0592. The SMILES string of the molecule is CC(C)c1cc(C(=O)Cc2ccc(C(=O)O)cc2)sc1C(C)C.CC(C)c1cc(C(=O)O)sc1C(C)C.[Li+].[OH-]. The van der Waals surface area contributed by atoms with E-state index in [1.807, 2.05) is 12.1 Å². The van der Waals surface area contributed by atoms with Crippen molar-refractivity contribution in [3.8, 4) is 0 Å². The van der Waals surface area contributed by atoms with Gasteiger partial charge in [-0.1, -0.05) is 67.5 Å². The molecule has 0 atom stereocenters. The minimum atomic E-state index is -0.954. The molecule has 0 aliphatic carbocycles. The van der Waals surface area contributed by atoms with Crippen LogP contribution in [0.25, 0.3) is 0 Å². The van der Waals surface area contributed by atoms with E-state index in [9.17, 15) is 14.4 Å². The molecule has 0 bridgehead atoms. The molecule has 0 saturated heterocycles. The Hall–Kier alpha value is -2.21. The van der Waals surface area contributed by atoms with Crippen LogP contribution < -0.4 is 18.9 Å². The smallest absolute Gasteiger partial charge is 0.870 e. The first-order valence-electron chi connectivity index (χ1n) is 12.6. The minimum Gasteiger partial charge on any atom is -0.870 e. The number of aromatic carboxylic acids is 2. The Morgan fingerprint density at radius 2 is 1.08 bits per heavy atom. The Balaban J connectivity index is 0.000000783. The molecule has 6 nitrogen and oxygen atoms in total. The zero-order valence-corrected chi connectivity index (χ0v) is 26.0. The summed E-state index contributed by atoms with van der Waals surface area (Å²) in [6.45, 7) is 17.0. The fourth-order valence-corrected chi connectivity index (χ4v) is 6.34. The standard InChI is InChI=1S/C19H22O3S.C11H16O2S.Li.H2O/c1-11(2)15-10-17(23-18(15)12(3)4)16(20)9-13-5-7-14(8-6-13)19(21)22;1-6(2)8-5-9(11(12)13)14-10(8)7(3)4;;/h5-8,10-12H,9H2,1-4H3,(H,21,22);5-7H,1-4H3,(H,12,13);;1H2/q;;+1;/p-1. The van der Waals surface area contributed by atoms with Crippen LogP contribution in [0.5, 0.6) is 0 Å². The van der Waals surface area contributed by atoms with Gasteiger partial charge in [0.2, 0.25) is 0 Å². The normalized spacial score (nSPS) is 10.7. The van der Waals surface area contributed by atoms with E-state index < -0.39 is 11.9 Å². The molecule has 1 aromatic carbocycles. The first-order chi connectivity index (χ1) is 17.2. The van der Waals surface area contributed by atoms with Gasteiger partial charge in [0.05, 0.1) is 10.4 Å². The van der Waals surface area contributed by atoms with Crippen molar-refractivity contribution in [1.82, 2.24) is 0 Å². The maximum absolute atomic E-state index is 12.5. The summed E-state index contributed by atoms with van der Waals surface area (Å²) >= 11 is 2.99. The molecule has 2 heterocycles. The zero-order chi connectivity index (χ0) is 28.0. The van der Waals surface area contributed by atoms with Gasteiger partial charge in [-0.15, -0.1) is 22.7 Å². The second-order valence-electron chi connectivity index (χ2n) is 10.4. The number of thiophene rings is 2. The Morgan fingerprint density at radius 3 is 1.41 bits per heavy atom. The summed E-state index contributed by atoms with van der Waals surface area (Å²) < 4.78 is 0. The third-order valence-corrected chi connectivity index (χ3v) is 8.86. The molecule has 2 aromatic heterocycles. The molecule has 3 N–H and O–H groups in total. The molecule has 39 heavy (non-hydrogen) atoms. The number of Topliss-reactive ketones (excluding diaryl/α,β-unsaturated/α-hetero) is 1. The predicted octanol–water partition coefficient (Wildman–Crippen LogP) is 5.64. The van der Waals surface area contributed by atoms with Crippen LogP contribution in [0.2, 0.25) is 0 Å². The largest absolute Gasteiger partial charge is 1.00 e. The minimum absolute atomic E-state index is 0. The Labute approximate surface area is 252 Å². The van der Waals surface area contributed by atoms with Crippen molar-refractivity contribution < 1.29 is 48.9 Å². The van der Waals surface area contributed by atoms with Crippen LogP contribution in [-0.2, 0) is 6.42 Å². The van der Waals surface area contributed by atoms with E-state index in [1.54, 1.807) is 35.6 Å². The van der Waals surface area contributed by atoms with Crippen LogP contribution in [0.4, 0.5) is 0 Å². The van der Waals surface area contributed by atoms with E-state index in [0.717, 1.165) is 10.4 Å². The Kier molecular flexibility index (Phi) is 15.2. The van der Waals surface area contributed by atoms with Crippen molar-refractivity contribution in [2.24, 2.45) is 0 Å².